The lowest BCUT2D eigenvalue weighted by Crippen LogP contribution is -2.24. The fourth-order valence-corrected chi connectivity index (χ4v) is 12.9. The molecular formula is C61H80N10O14S. The minimum absolute atomic E-state index is 0. The topological polar surface area (TPSA) is 342 Å². The number of aliphatic hydroxyl groups is 2. The van der Waals surface area contributed by atoms with E-state index in [1.165, 1.54) is 44.1 Å². The van der Waals surface area contributed by atoms with Crippen molar-refractivity contribution in [2.75, 3.05) is 49.0 Å². The van der Waals surface area contributed by atoms with Crippen LogP contribution < -0.4 is 21.1 Å². The van der Waals surface area contributed by atoms with Gasteiger partial charge in [-0.05, 0) is 119 Å². The van der Waals surface area contributed by atoms with Crippen molar-refractivity contribution in [3.05, 3.63) is 125 Å². The van der Waals surface area contributed by atoms with Crippen LogP contribution in [0.3, 0.4) is 0 Å². The maximum absolute atomic E-state index is 13.0. The van der Waals surface area contributed by atoms with Crippen molar-refractivity contribution >= 4 is 45.1 Å². The first-order valence-corrected chi connectivity index (χ1v) is 31.0. The third-order valence-corrected chi connectivity index (χ3v) is 17.8. The summed E-state index contributed by atoms with van der Waals surface area (Å²) in [5.74, 6) is 3.05. The molecule has 6 aliphatic rings. The number of aliphatic hydroxyl groups excluding tert-OH is 2. The molecule has 6 aromatic rings. The molecule has 3 aliphatic heterocycles. The monoisotopic (exact) mass is 1210 g/mol. The number of carbonyl (C=O) groups is 3. The Labute approximate surface area is 500 Å². The van der Waals surface area contributed by atoms with E-state index < -0.39 is 22.3 Å². The van der Waals surface area contributed by atoms with E-state index >= 15 is 0 Å². The molecule has 0 spiro atoms. The number of nitrogens with two attached hydrogens (primary N) is 1. The van der Waals surface area contributed by atoms with E-state index in [2.05, 4.69) is 70.8 Å². The van der Waals surface area contributed by atoms with Gasteiger partial charge in [0.25, 0.3) is 0 Å². The quantitative estimate of drug-likeness (QED) is 0.0388. The number of nitrogens with one attached hydrogen (secondary N) is 3. The minimum atomic E-state index is -4.08. The molecule has 12 atom stereocenters. The van der Waals surface area contributed by atoms with Crippen LogP contribution in [-0.4, -0.2) is 123 Å². The number of ketones is 3. The highest BCUT2D eigenvalue weighted by Crippen LogP contribution is 2.38. The second-order valence-electron chi connectivity index (χ2n) is 23.2. The number of aromatic nitrogens is 6. The fourth-order valence-electron chi connectivity index (χ4n) is 12.6. The standard InChI is InChI=1S/C21H27N3O3.C20H25N3O4.C19H24N4O7S.CH4/c1-3-14-8-16(7-13(14)2)24-21-17(10-22-12-23-21)20(25)19-9-15(11-27-19)18-5-4-6-26-18;1-12-5-15(6-13(12)9-24)23-20-16(8-21-11-22-20)19(25)18-7-14(10-27-18)17-3-2-4-26-17;20-31(26,27)30-9-11-4-13(6-15(11)24)23-19-14(7-21-10-22-19)18(25)17-5-12(8-29-17)16-2-1-3-28-16;/h9-14,16,18H,3-8H2,1-2H3,(H,22,23,24);7-8,10-13,15,17,24H,2-6,9H2,1H3,(H,21,22,23);5,7-8,10-11,13,15-16,24H,1-4,6,9H2,(H2,20,26,27)(H,21,22,23);1H4/t13-,14-,16-,18?;12-,13+,15-,17?;11-,13-,15+,16?;/m001./s1. The van der Waals surface area contributed by atoms with E-state index in [-0.39, 0.29) is 91.4 Å². The Morgan fingerprint density at radius 1 is 0.593 bits per heavy atom. The first-order chi connectivity index (χ1) is 41.1. The molecule has 86 heavy (non-hydrogen) atoms. The van der Waals surface area contributed by atoms with Crippen molar-refractivity contribution in [3.63, 3.8) is 0 Å². The Bertz CT molecular complexity index is 3190. The number of anilines is 3. The number of nitrogens with zero attached hydrogens (tertiary/aromatic N) is 6. The number of rotatable bonds is 20. The third-order valence-electron chi connectivity index (χ3n) is 17.3. The van der Waals surface area contributed by atoms with Crippen LogP contribution in [0.5, 0.6) is 0 Å². The summed E-state index contributed by atoms with van der Waals surface area (Å²) in [5.41, 5.74) is 3.73. The predicted molar refractivity (Wildman–Crippen MR) is 314 cm³/mol. The SMILES string of the molecule is C.CC[C@H]1C[C@@H](Nc2ncncc2C(=O)c2cc(C3CCCO3)co2)C[C@@H]1C.C[C@H]1C[C@H](Nc2ncncc2C(=O)c2cc(C3CCCO3)co2)C[C@@H]1CO.NS(=O)(=O)OC[C@H]1C[C@@H](Nc2ncncc2C(=O)c2cc(C3CCCO3)co2)C[C@@H]1O. The van der Waals surface area contributed by atoms with Gasteiger partial charge in [0.15, 0.2) is 17.3 Å². The van der Waals surface area contributed by atoms with Crippen molar-refractivity contribution in [3.8, 4) is 0 Å². The van der Waals surface area contributed by atoms with Crippen LogP contribution in [-0.2, 0) is 28.7 Å². The van der Waals surface area contributed by atoms with Crippen LogP contribution in [0.1, 0.15) is 195 Å². The Kier molecular flexibility index (Phi) is 21.6. The normalized spacial score (nSPS) is 26.9. The smallest absolute Gasteiger partial charge is 0.333 e. The molecule has 6 aromatic heterocycles. The number of hydrogen-bond donors (Lipinski definition) is 6. The lowest BCUT2D eigenvalue weighted by molar-refractivity contribution is 0.100. The molecule has 0 aromatic carbocycles. The summed E-state index contributed by atoms with van der Waals surface area (Å²) < 4.78 is 60.1. The fraction of sp³-hybridized carbons (Fsp3) is 0.557. The van der Waals surface area contributed by atoms with Gasteiger partial charge >= 0.3 is 10.3 Å². The molecule has 3 saturated heterocycles. The molecule has 25 heteroatoms. The summed E-state index contributed by atoms with van der Waals surface area (Å²) in [6.45, 7) is 8.86. The van der Waals surface area contributed by atoms with Crippen molar-refractivity contribution < 1.29 is 64.7 Å². The summed E-state index contributed by atoms with van der Waals surface area (Å²) in [6, 6.07) is 5.50. The van der Waals surface area contributed by atoms with Gasteiger partial charge in [-0.1, -0.05) is 34.6 Å². The Morgan fingerprint density at radius 3 is 1.30 bits per heavy atom. The lowest BCUT2D eigenvalue weighted by atomic mass is 9.96. The largest absolute Gasteiger partial charge is 0.460 e. The molecule has 0 amide bonds. The highest BCUT2D eigenvalue weighted by Gasteiger charge is 2.37. The molecule has 3 aliphatic carbocycles. The molecule has 3 unspecified atom stereocenters. The van der Waals surface area contributed by atoms with Crippen molar-refractivity contribution in [1.82, 2.24) is 29.9 Å². The number of carbonyl (C=O) groups excluding carboxylic acids is 3. The molecule has 6 fully saturated rings. The van der Waals surface area contributed by atoms with Gasteiger partial charge in [0, 0.05) is 85.8 Å². The van der Waals surface area contributed by atoms with Gasteiger partial charge in [0.1, 0.15) is 36.4 Å². The molecule has 464 valence electrons. The molecular weight excluding hydrogens is 1130 g/mol. The molecule has 12 rings (SSSR count). The van der Waals surface area contributed by atoms with Gasteiger partial charge in [0.05, 0.1) is 66.5 Å². The summed E-state index contributed by atoms with van der Waals surface area (Å²) in [6.07, 6.45) is 24.4. The molecule has 0 radical (unpaired) electrons. The van der Waals surface area contributed by atoms with Gasteiger partial charge in [-0.2, -0.15) is 8.42 Å². The van der Waals surface area contributed by atoms with Crippen LogP contribution in [0.25, 0.3) is 0 Å². The van der Waals surface area contributed by atoms with Gasteiger partial charge in [0.2, 0.25) is 17.3 Å². The zero-order valence-corrected chi connectivity index (χ0v) is 48.9. The average molecular weight is 1210 g/mol. The minimum Gasteiger partial charge on any atom is -0.460 e. The maximum atomic E-state index is 13.0. The van der Waals surface area contributed by atoms with E-state index in [9.17, 15) is 33.0 Å². The zero-order valence-electron chi connectivity index (χ0n) is 48.0. The van der Waals surface area contributed by atoms with Crippen LogP contribution in [0, 0.1) is 29.6 Å². The molecule has 9 heterocycles. The summed E-state index contributed by atoms with van der Waals surface area (Å²) in [7, 11) is -4.08. The van der Waals surface area contributed by atoms with Gasteiger partial charge in [-0.15, -0.1) is 0 Å². The number of hydrogen-bond acceptors (Lipinski definition) is 23. The Balaban J connectivity index is 0.000000154. The summed E-state index contributed by atoms with van der Waals surface area (Å²) >= 11 is 0. The zero-order chi connectivity index (χ0) is 59.6. The number of ether oxygens (including phenoxy) is 3. The van der Waals surface area contributed by atoms with E-state index in [1.54, 1.807) is 36.9 Å². The van der Waals surface area contributed by atoms with E-state index in [4.69, 9.17) is 32.6 Å². The van der Waals surface area contributed by atoms with E-state index in [1.807, 2.05) is 0 Å². The molecule has 0 bridgehead atoms. The Morgan fingerprint density at radius 2 is 0.965 bits per heavy atom. The van der Waals surface area contributed by atoms with Crippen LogP contribution in [0.4, 0.5) is 17.5 Å². The first-order valence-electron chi connectivity index (χ1n) is 29.5. The number of furan rings is 3. The van der Waals surface area contributed by atoms with Crippen molar-refractivity contribution in [2.45, 2.75) is 154 Å². The lowest BCUT2D eigenvalue weighted by Gasteiger charge is -2.15. The predicted octanol–water partition coefficient (Wildman–Crippen LogP) is 8.92. The van der Waals surface area contributed by atoms with Crippen LogP contribution in [0.15, 0.2) is 87.8 Å². The highest BCUT2D eigenvalue weighted by atomic mass is 32.2. The van der Waals surface area contributed by atoms with Crippen LogP contribution in [0.2, 0.25) is 0 Å². The second-order valence-corrected chi connectivity index (χ2v) is 24.4. The van der Waals surface area contributed by atoms with Crippen molar-refractivity contribution in [2.24, 2.45) is 34.7 Å². The summed E-state index contributed by atoms with van der Waals surface area (Å²) in [4.78, 5) is 63.8. The van der Waals surface area contributed by atoms with Crippen molar-refractivity contribution in [1.29, 1.82) is 0 Å². The van der Waals surface area contributed by atoms with Gasteiger partial charge in [-0.25, -0.2) is 35.0 Å². The maximum Gasteiger partial charge on any atom is 0.333 e. The molecule has 7 N–H and O–H groups in total. The summed E-state index contributed by atoms with van der Waals surface area (Å²) in [5, 5.41) is 34.5. The van der Waals surface area contributed by atoms with Gasteiger partial charge in [-0.3, -0.25) is 18.6 Å². The average Bonchev–Trinajstić information content (AvgIpc) is 4.52. The van der Waals surface area contributed by atoms with Gasteiger partial charge < -0.3 is 53.6 Å². The Hall–Kier alpha value is -6.84. The molecule has 24 nitrogen and oxygen atoms in total. The highest BCUT2D eigenvalue weighted by molar-refractivity contribution is 7.84. The second kappa shape index (κ2) is 29.2. The van der Waals surface area contributed by atoms with Crippen LogP contribution >= 0.6 is 0 Å². The first kappa shape index (κ1) is 63.7. The van der Waals surface area contributed by atoms with E-state index in [0.29, 0.717) is 71.7 Å². The van der Waals surface area contributed by atoms with E-state index in [0.717, 1.165) is 100 Å². The third kappa shape index (κ3) is 15.8. The molecule has 3 saturated carbocycles.